The molecule has 2 atom stereocenters. The lowest BCUT2D eigenvalue weighted by molar-refractivity contribution is -0.187. The SMILES string of the molecule is Cc1ccc(C(=O)N[C@@H]2CCCC[C@@H]2C(F)(F)F)c(=O)[nH]1. The Kier molecular flexibility index (Phi) is 4.39. The summed E-state index contributed by atoms with van der Waals surface area (Å²) in [6.07, 6.45) is -2.90. The fraction of sp³-hybridized carbons (Fsp3) is 0.571. The van der Waals surface area contributed by atoms with Crippen molar-refractivity contribution >= 4 is 5.91 Å². The molecule has 1 aromatic heterocycles. The van der Waals surface area contributed by atoms with Gasteiger partial charge in [0, 0.05) is 11.7 Å². The molecule has 4 nitrogen and oxygen atoms in total. The minimum Gasteiger partial charge on any atom is -0.349 e. The number of amides is 1. The van der Waals surface area contributed by atoms with Gasteiger partial charge >= 0.3 is 6.18 Å². The Bertz CT molecular complexity index is 580. The predicted octanol–water partition coefficient (Wildman–Crippen LogP) is 2.53. The maximum atomic E-state index is 13.0. The van der Waals surface area contributed by atoms with Crippen LogP contribution < -0.4 is 10.9 Å². The first-order chi connectivity index (χ1) is 9.79. The second kappa shape index (κ2) is 5.91. The summed E-state index contributed by atoms with van der Waals surface area (Å²) in [7, 11) is 0. The van der Waals surface area contributed by atoms with Crippen LogP contribution in [0.15, 0.2) is 16.9 Å². The zero-order chi connectivity index (χ0) is 15.6. The van der Waals surface area contributed by atoms with Gasteiger partial charge in [-0.3, -0.25) is 9.59 Å². The Labute approximate surface area is 119 Å². The molecule has 1 aliphatic rings. The van der Waals surface area contributed by atoms with Crippen molar-refractivity contribution in [1.82, 2.24) is 10.3 Å². The predicted molar refractivity (Wildman–Crippen MR) is 71.1 cm³/mol. The minimum absolute atomic E-state index is 0.0126. The first-order valence-electron chi connectivity index (χ1n) is 6.86. The van der Waals surface area contributed by atoms with E-state index in [9.17, 15) is 22.8 Å². The van der Waals surface area contributed by atoms with Gasteiger partial charge in [0.1, 0.15) is 5.56 Å². The smallest absolute Gasteiger partial charge is 0.349 e. The number of halogens is 3. The highest BCUT2D eigenvalue weighted by Crippen LogP contribution is 2.37. The van der Waals surface area contributed by atoms with E-state index in [2.05, 4.69) is 10.3 Å². The molecular formula is C14H17F3N2O2. The molecule has 116 valence electrons. The fourth-order valence-electron chi connectivity index (χ4n) is 2.69. The summed E-state index contributed by atoms with van der Waals surface area (Å²) in [5, 5.41) is 2.37. The van der Waals surface area contributed by atoms with Crippen molar-refractivity contribution in [2.45, 2.75) is 44.8 Å². The van der Waals surface area contributed by atoms with Crippen LogP contribution in [-0.4, -0.2) is 23.1 Å². The van der Waals surface area contributed by atoms with Crippen LogP contribution in [0.2, 0.25) is 0 Å². The third kappa shape index (κ3) is 3.65. The van der Waals surface area contributed by atoms with Gasteiger partial charge in [0.05, 0.1) is 5.92 Å². The number of carbonyl (C=O) groups is 1. The van der Waals surface area contributed by atoms with Gasteiger partial charge in [-0.15, -0.1) is 0 Å². The molecule has 0 bridgehead atoms. The van der Waals surface area contributed by atoms with Gasteiger partial charge in [-0.1, -0.05) is 12.8 Å². The van der Waals surface area contributed by atoms with E-state index in [-0.39, 0.29) is 18.4 Å². The summed E-state index contributed by atoms with van der Waals surface area (Å²) >= 11 is 0. The summed E-state index contributed by atoms with van der Waals surface area (Å²) in [6, 6.07) is 1.90. The lowest BCUT2D eigenvalue weighted by Gasteiger charge is -2.33. The van der Waals surface area contributed by atoms with Crippen LogP contribution in [0.4, 0.5) is 13.2 Å². The molecule has 0 radical (unpaired) electrons. The summed E-state index contributed by atoms with van der Waals surface area (Å²) in [4.78, 5) is 26.1. The van der Waals surface area contributed by atoms with Crippen LogP contribution in [0.25, 0.3) is 0 Å². The monoisotopic (exact) mass is 302 g/mol. The first kappa shape index (κ1) is 15.6. The van der Waals surface area contributed by atoms with Crippen LogP contribution in [0.3, 0.4) is 0 Å². The summed E-state index contributed by atoms with van der Waals surface area (Å²) in [5.41, 5.74) is -0.165. The maximum Gasteiger partial charge on any atom is 0.393 e. The van der Waals surface area contributed by atoms with Crippen molar-refractivity contribution < 1.29 is 18.0 Å². The number of aromatic nitrogens is 1. The number of alkyl halides is 3. The second-order valence-corrected chi connectivity index (χ2v) is 5.40. The summed E-state index contributed by atoms with van der Waals surface area (Å²) in [5.74, 6) is -2.29. The molecule has 21 heavy (non-hydrogen) atoms. The number of nitrogens with one attached hydrogen (secondary N) is 2. The number of hydrogen-bond donors (Lipinski definition) is 2. The van der Waals surface area contributed by atoms with Gasteiger partial charge in [0.2, 0.25) is 0 Å². The second-order valence-electron chi connectivity index (χ2n) is 5.40. The van der Waals surface area contributed by atoms with E-state index < -0.39 is 29.6 Å². The van der Waals surface area contributed by atoms with Crippen LogP contribution in [0.5, 0.6) is 0 Å². The minimum atomic E-state index is -4.34. The molecule has 0 aromatic carbocycles. The molecule has 1 fully saturated rings. The zero-order valence-corrected chi connectivity index (χ0v) is 11.6. The number of carbonyl (C=O) groups excluding carboxylic acids is 1. The fourth-order valence-corrected chi connectivity index (χ4v) is 2.69. The van der Waals surface area contributed by atoms with Crippen LogP contribution in [-0.2, 0) is 0 Å². The molecule has 0 aliphatic heterocycles. The summed E-state index contributed by atoms with van der Waals surface area (Å²) < 4.78 is 38.9. The van der Waals surface area contributed by atoms with Crippen molar-refractivity contribution in [2.75, 3.05) is 0 Å². The summed E-state index contributed by atoms with van der Waals surface area (Å²) in [6.45, 7) is 1.66. The third-order valence-electron chi connectivity index (χ3n) is 3.80. The van der Waals surface area contributed by atoms with E-state index in [0.717, 1.165) is 0 Å². The van der Waals surface area contributed by atoms with Gasteiger partial charge in [-0.05, 0) is 31.9 Å². The number of aryl methyl sites for hydroxylation is 1. The Hall–Kier alpha value is -1.79. The van der Waals surface area contributed by atoms with Gasteiger partial charge in [-0.2, -0.15) is 13.2 Å². The highest BCUT2D eigenvalue weighted by molar-refractivity contribution is 5.94. The van der Waals surface area contributed by atoms with Gasteiger partial charge < -0.3 is 10.3 Å². The quantitative estimate of drug-likeness (QED) is 0.882. The zero-order valence-electron chi connectivity index (χ0n) is 11.6. The van der Waals surface area contributed by atoms with Gasteiger partial charge in [-0.25, -0.2) is 0 Å². The van der Waals surface area contributed by atoms with Crippen molar-refractivity contribution in [1.29, 1.82) is 0 Å². The highest BCUT2D eigenvalue weighted by Gasteiger charge is 2.46. The van der Waals surface area contributed by atoms with Crippen LogP contribution in [0, 0.1) is 12.8 Å². The van der Waals surface area contributed by atoms with E-state index >= 15 is 0 Å². The van der Waals surface area contributed by atoms with Crippen molar-refractivity contribution in [2.24, 2.45) is 5.92 Å². The molecule has 0 saturated heterocycles. The Morgan fingerprint density at radius 2 is 1.95 bits per heavy atom. The molecule has 7 heteroatoms. The third-order valence-corrected chi connectivity index (χ3v) is 3.80. The highest BCUT2D eigenvalue weighted by atomic mass is 19.4. The Morgan fingerprint density at radius 3 is 2.57 bits per heavy atom. The Morgan fingerprint density at radius 1 is 1.29 bits per heavy atom. The molecule has 0 unspecified atom stereocenters. The molecule has 2 rings (SSSR count). The normalized spacial score (nSPS) is 22.9. The molecule has 1 aromatic rings. The topological polar surface area (TPSA) is 62.0 Å². The molecule has 1 amide bonds. The molecular weight excluding hydrogens is 285 g/mol. The van der Waals surface area contributed by atoms with Gasteiger partial charge in [0.15, 0.2) is 0 Å². The van der Waals surface area contributed by atoms with Crippen molar-refractivity contribution in [3.63, 3.8) is 0 Å². The number of pyridine rings is 1. The molecule has 1 heterocycles. The van der Waals surface area contributed by atoms with E-state index in [0.29, 0.717) is 18.5 Å². The van der Waals surface area contributed by atoms with Gasteiger partial charge in [0.25, 0.3) is 11.5 Å². The van der Waals surface area contributed by atoms with E-state index in [1.54, 1.807) is 13.0 Å². The lowest BCUT2D eigenvalue weighted by atomic mass is 9.84. The van der Waals surface area contributed by atoms with E-state index in [1.807, 2.05) is 0 Å². The van der Waals surface area contributed by atoms with E-state index in [1.165, 1.54) is 6.07 Å². The lowest BCUT2D eigenvalue weighted by Crippen LogP contribution is -2.48. The average Bonchev–Trinajstić information content (AvgIpc) is 2.37. The molecule has 1 saturated carbocycles. The Balaban J connectivity index is 2.15. The number of H-pyrrole nitrogens is 1. The first-order valence-corrected chi connectivity index (χ1v) is 6.86. The van der Waals surface area contributed by atoms with Crippen LogP contribution >= 0.6 is 0 Å². The van der Waals surface area contributed by atoms with Crippen molar-refractivity contribution in [3.8, 4) is 0 Å². The van der Waals surface area contributed by atoms with Crippen LogP contribution in [0.1, 0.15) is 41.7 Å². The maximum absolute atomic E-state index is 13.0. The number of aromatic amines is 1. The number of hydrogen-bond acceptors (Lipinski definition) is 2. The number of rotatable bonds is 2. The largest absolute Gasteiger partial charge is 0.393 e. The average molecular weight is 302 g/mol. The molecule has 1 aliphatic carbocycles. The molecule has 2 N–H and O–H groups in total. The molecule has 0 spiro atoms. The standard InChI is InChI=1S/C14H17F3N2O2/c1-8-6-7-9(12(20)18-8)13(21)19-11-5-3-2-4-10(11)14(15,16)17/h6-7,10-11H,2-5H2,1H3,(H,18,20)(H,19,21)/t10-,11+/m0/s1. The van der Waals surface area contributed by atoms with Crippen molar-refractivity contribution in [3.05, 3.63) is 33.7 Å². The van der Waals surface area contributed by atoms with E-state index in [4.69, 9.17) is 0 Å².